The SMILES string of the molecule is COC(=O)C1CCN1Cc1ccon1. The van der Waals surface area contributed by atoms with Gasteiger partial charge in [0.05, 0.1) is 12.8 Å². The molecule has 0 aliphatic carbocycles. The van der Waals surface area contributed by atoms with Crippen molar-refractivity contribution in [2.45, 2.75) is 19.0 Å². The summed E-state index contributed by atoms with van der Waals surface area (Å²) in [6.45, 7) is 1.56. The molecule has 5 nitrogen and oxygen atoms in total. The molecule has 5 heteroatoms. The van der Waals surface area contributed by atoms with E-state index in [4.69, 9.17) is 4.52 Å². The predicted octanol–water partition coefficient (Wildman–Crippen LogP) is 0.422. The Kier molecular flexibility index (Phi) is 2.49. The van der Waals surface area contributed by atoms with Crippen LogP contribution in [0.4, 0.5) is 0 Å². The van der Waals surface area contributed by atoms with Crippen molar-refractivity contribution in [2.75, 3.05) is 13.7 Å². The standard InChI is InChI=1S/C9H12N2O3/c1-13-9(12)8-2-4-11(8)6-7-3-5-14-10-7/h3,5,8H,2,4,6H2,1H3. The van der Waals surface area contributed by atoms with E-state index < -0.39 is 0 Å². The quantitative estimate of drug-likeness (QED) is 0.656. The molecule has 0 spiro atoms. The number of hydrogen-bond acceptors (Lipinski definition) is 5. The number of hydrogen-bond donors (Lipinski definition) is 0. The van der Waals surface area contributed by atoms with E-state index in [-0.39, 0.29) is 12.0 Å². The van der Waals surface area contributed by atoms with Gasteiger partial charge in [-0.25, -0.2) is 0 Å². The van der Waals surface area contributed by atoms with Crippen LogP contribution in [0, 0.1) is 0 Å². The smallest absolute Gasteiger partial charge is 0.323 e. The lowest BCUT2D eigenvalue weighted by Gasteiger charge is -2.37. The van der Waals surface area contributed by atoms with Gasteiger partial charge in [0.2, 0.25) is 0 Å². The first-order chi connectivity index (χ1) is 6.81. The van der Waals surface area contributed by atoms with Crippen molar-refractivity contribution in [3.8, 4) is 0 Å². The topological polar surface area (TPSA) is 55.6 Å². The monoisotopic (exact) mass is 196 g/mol. The Hall–Kier alpha value is -1.36. The number of carbonyl (C=O) groups excluding carboxylic acids is 1. The molecule has 1 aromatic rings. The first kappa shape index (κ1) is 9.21. The maximum atomic E-state index is 11.2. The first-order valence-corrected chi connectivity index (χ1v) is 4.52. The van der Waals surface area contributed by atoms with Gasteiger partial charge in [-0.15, -0.1) is 0 Å². The highest BCUT2D eigenvalue weighted by Crippen LogP contribution is 2.20. The summed E-state index contributed by atoms with van der Waals surface area (Å²) >= 11 is 0. The zero-order valence-electron chi connectivity index (χ0n) is 7.97. The number of likely N-dealkylation sites (tertiary alicyclic amines) is 1. The van der Waals surface area contributed by atoms with Crippen molar-refractivity contribution in [3.05, 3.63) is 18.0 Å². The Labute approximate surface area is 81.6 Å². The maximum Gasteiger partial charge on any atom is 0.323 e. The Balaban J connectivity index is 1.91. The second kappa shape index (κ2) is 3.79. The molecule has 1 unspecified atom stereocenters. The van der Waals surface area contributed by atoms with E-state index in [9.17, 15) is 4.79 Å². The van der Waals surface area contributed by atoms with Crippen LogP contribution in [0.1, 0.15) is 12.1 Å². The minimum atomic E-state index is -0.167. The summed E-state index contributed by atoms with van der Waals surface area (Å²) in [6.07, 6.45) is 2.40. The Morgan fingerprint density at radius 1 is 1.86 bits per heavy atom. The van der Waals surface area contributed by atoms with E-state index >= 15 is 0 Å². The largest absolute Gasteiger partial charge is 0.468 e. The van der Waals surface area contributed by atoms with E-state index in [1.807, 2.05) is 4.90 Å². The van der Waals surface area contributed by atoms with E-state index in [0.717, 1.165) is 18.7 Å². The number of carbonyl (C=O) groups is 1. The molecule has 1 aliphatic heterocycles. The van der Waals surface area contributed by atoms with Crippen LogP contribution in [-0.4, -0.2) is 35.7 Å². The minimum Gasteiger partial charge on any atom is -0.468 e. The average Bonchev–Trinajstić information content (AvgIpc) is 2.64. The molecule has 1 atom stereocenters. The summed E-state index contributed by atoms with van der Waals surface area (Å²) < 4.78 is 9.39. The van der Waals surface area contributed by atoms with Gasteiger partial charge in [-0.1, -0.05) is 5.16 Å². The summed E-state index contributed by atoms with van der Waals surface area (Å²) in [6, 6.07) is 1.70. The van der Waals surface area contributed by atoms with Crippen LogP contribution in [0.2, 0.25) is 0 Å². The molecule has 0 amide bonds. The van der Waals surface area contributed by atoms with Gasteiger partial charge in [-0.3, -0.25) is 9.69 Å². The van der Waals surface area contributed by atoms with Crippen LogP contribution in [0.15, 0.2) is 16.9 Å². The highest BCUT2D eigenvalue weighted by molar-refractivity contribution is 5.76. The molecule has 1 saturated heterocycles. The average molecular weight is 196 g/mol. The highest BCUT2D eigenvalue weighted by atomic mass is 16.5. The Morgan fingerprint density at radius 2 is 2.71 bits per heavy atom. The number of methoxy groups -OCH3 is 1. The molecule has 1 fully saturated rings. The summed E-state index contributed by atoms with van der Waals surface area (Å²) in [5.41, 5.74) is 0.846. The van der Waals surface area contributed by atoms with Crippen molar-refractivity contribution >= 4 is 5.97 Å². The van der Waals surface area contributed by atoms with Crippen LogP contribution in [0.25, 0.3) is 0 Å². The second-order valence-electron chi connectivity index (χ2n) is 3.29. The number of ether oxygens (including phenoxy) is 1. The third kappa shape index (κ3) is 1.63. The van der Waals surface area contributed by atoms with Crippen molar-refractivity contribution in [1.29, 1.82) is 0 Å². The fourth-order valence-electron chi connectivity index (χ4n) is 1.56. The van der Waals surface area contributed by atoms with Crippen LogP contribution in [-0.2, 0) is 16.1 Å². The van der Waals surface area contributed by atoms with Gasteiger partial charge in [-0.2, -0.15) is 0 Å². The van der Waals surface area contributed by atoms with E-state index in [2.05, 4.69) is 9.89 Å². The molecule has 0 bridgehead atoms. The Morgan fingerprint density at radius 3 is 3.21 bits per heavy atom. The van der Waals surface area contributed by atoms with Gasteiger partial charge in [0.25, 0.3) is 0 Å². The summed E-state index contributed by atoms with van der Waals surface area (Å²) in [7, 11) is 1.41. The summed E-state index contributed by atoms with van der Waals surface area (Å²) in [4.78, 5) is 13.2. The van der Waals surface area contributed by atoms with Crippen molar-refractivity contribution in [3.63, 3.8) is 0 Å². The van der Waals surface area contributed by atoms with Gasteiger partial charge >= 0.3 is 5.97 Å². The van der Waals surface area contributed by atoms with Gasteiger partial charge in [0.15, 0.2) is 0 Å². The zero-order chi connectivity index (χ0) is 9.97. The molecular weight excluding hydrogens is 184 g/mol. The molecule has 0 radical (unpaired) electrons. The Bertz CT molecular complexity index is 310. The number of esters is 1. The molecular formula is C9H12N2O3. The van der Waals surface area contributed by atoms with Crippen LogP contribution in [0.3, 0.4) is 0 Å². The summed E-state index contributed by atoms with van der Waals surface area (Å²) in [5, 5.41) is 3.79. The maximum absolute atomic E-state index is 11.2. The minimum absolute atomic E-state index is 0.100. The van der Waals surface area contributed by atoms with Gasteiger partial charge in [0, 0.05) is 19.2 Å². The fourth-order valence-corrected chi connectivity index (χ4v) is 1.56. The molecule has 0 N–H and O–H groups in total. The lowest BCUT2D eigenvalue weighted by molar-refractivity contribution is -0.152. The molecule has 0 saturated carbocycles. The van der Waals surface area contributed by atoms with E-state index in [1.54, 1.807) is 6.07 Å². The van der Waals surface area contributed by atoms with Crippen molar-refractivity contribution < 1.29 is 14.1 Å². The predicted molar refractivity (Wildman–Crippen MR) is 47.3 cm³/mol. The molecule has 2 rings (SSSR count). The van der Waals surface area contributed by atoms with Crippen LogP contribution < -0.4 is 0 Å². The normalized spacial score (nSPS) is 21.6. The summed E-state index contributed by atoms with van der Waals surface area (Å²) in [5.74, 6) is -0.167. The van der Waals surface area contributed by atoms with E-state index in [1.165, 1.54) is 13.4 Å². The lowest BCUT2D eigenvalue weighted by atomic mass is 10.0. The van der Waals surface area contributed by atoms with Gasteiger partial charge < -0.3 is 9.26 Å². The van der Waals surface area contributed by atoms with Crippen molar-refractivity contribution in [1.82, 2.24) is 10.1 Å². The molecule has 1 aliphatic rings. The van der Waals surface area contributed by atoms with Gasteiger partial charge in [-0.05, 0) is 6.42 Å². The van der Waals surface area contributed by atoms with Gasteiger partial charge in [0.1, 0.15) is 12.3 Å². The molecule has 2 heterocycles. The first-order valence-electron chi connectivity index (χ1n) is 4.52. The molecule has 1 aromatic heterocycles. The molecule has 14 heavy (non-hydrogen) atoms. The lowest BCUT2D eigenvalue weighted by Crippen LogP contribution is -2.52. The third-order valence-corrected chi connectivity index (χ3v) is 2.46. The van der Waals surface area contributed by atoms with E-state index in [0.29, 0.717) is 6.54 Å². The van der Waals surface area contributed by atoms with Crippen LogP contribution in [0.5, 0.6) is 0 Å². The second-order valence-corrected chi connectivity index (χ2v) is 3.29. The molecule has 0 aromatic carbocycles. The molecule has 76 valence electrons. The van der Waals surface area contributed by atoms with Crippen LogP contribution >= 0.6 is 0 Å². The highest BCUT2D eigenvalue weighted by Gasteiger charge is 2.35. The number of aromatic nitrogens is 1. The zero-order valence-corrected chi connectivity index (χ0v) is 7.97. The number of nitrogens with zero attached hydrogens (tertiary/aromatic N) is 2. The number of rotatable bonds is 3. The fraction of sp³-hybridized carbons (Fsp3) is 0.556. The third-order valence-electron chi connectivity index (χ3n) is 2.46. The van der Waals surface area contributed by atoms with Crippen molar-refractivity contribution in [2.24, 2.45) is 0 Å².